The molecule has 33 heavy (non-hydrogen) atoms. The van der Waals surface area contributed by atoms with E-state index in [-0.39, 0.29) is 11.9 Å². The van der Waals surface area contributed by atoms with Gasteiger partial charge in [-0.1, -0.05) is 44.0 Å². The number of nitrogen functional groups attached to an aromatic ring is 1. The molecular formula is C23H17Br2N7O. The molecule has 0 unspecified atom stereocenters. The monoisotopic (exact) mass is 565 g/mol. The Hall–Kier alpha value is -3.37. The molecule has 10 heteroatoms. The van der Waals surface area contributed by atoms with E-state index in [1.807, 2.05) is 55.7 Å². The minimum Gasteiger partial charge on any atom is -0.369 e. The van der Waals surface area contributed by atoms with E-state index >= 15 is 0 Å². The summed E-state index contributed by atoms with van der Waals surface area (Å²) in [5.74, 6) is 0.418. The van der Waals surface area contributed by atoms with Crippen LogP contribution in [0.4, 0.5) is 5.95 Å². The zero-order valence-corrected chi connectivity index (χ0v) is 20.4. The second-order valence-corrected chi connectivity index (χ2v) is 9.84. The number of rotatable bonds is 3. The molecule has 0 aliphatic carbocycles. The normalized spacial score (nSPS) is 18.3. The highest BCUT2D eigenvalue weighted by Gasteiger charge is 2.51. The van der Waals surface area contributed by atoms with E-state index < -0.39 is 5.54 Å². The second-order valence-electron chi connectivity index (χ2n) is 8.01. The van der Waals surface area contributed by atoms with Gasteiger partial charge in [0, 0.05) is 60.0 Å². The molecule has 0 spiro atoms. The molecule has 1 aliphatic rings. The van der Waals surface area contributed by atoms with E-state index in [2.05, 4.69) is 57.1 Å². The van der Waals surface area contributed by atoms with Crippen LogP contribution in [0.1, 0.15) is 22.5 Å². The molecule has 1 aliphatic heterocycles. The fourth-order valence-electron chi connectivity index (χ4n) is 4.57. The van der Waals surface area contributed by atoms with Gasteiger partial charge in [-0.05, 0) is 31.2 Å². The first-order valence-corrected chi connectivity index (χ1v) is 11.7. The van der Waals surface area contributed by atoms with Crippen molar-refractivity contribution in [2.75, 3.05) is 5.73 Å². The van der Waals surface area contributed by atoms with Gasteiger partial charge < -0.3 is 26.0 Å². The van der Waals surface area contributed by atoms with Crippen molar-refractivity contribution >= 4 is 71.4 Å². The molecule has 6 N–H and O–H groups in total. The van der Waals surface area contributed by atoms with Crippen LogP contribution in [0.25, 0.3) is 21.8 Å². The minimum atomic E-state index is -1.40. The zero-order valence-electron chi connectivity index (χ0n) is 17.3. The van der Waals surface area contributed by atoms with Gasteiger partial charge in [0.25, 0.3) is 5.91 Å². The maximum absolute atomic E-state index is 13.8. The first-order chi connectivity index (χ1) is 15.9. The lowest BCUT2D eigenvalue weighted by Gasteiger charge is -2.22. The Morgan fingerprint density at radius 3 is 2.33 bits per heavy atom. The van der Waals surface area contributed by atoms with Crippen molar-refractivity contribution in [2.45, 2.75) is 12.5 Å². The fraction of sp³-hybridized carbons (Fsp3) is 0.0870. The van der Waals surface area contributed by atoms with Gasteiger partial charge >= 0.3 is 0 Å². The van der Waals surface area contributed by atoms with Gasteiger partial charge in [-0.25, -0.2) is 9.98 Å². The molecule has 0 bridgehead atoms. The molecule has 0 radical (unpaired) electrons. The number of aryl methyl sites for hydroxylation is 1. The Balaban J connectivity index is 1.64. The van der Waals surface area contributed by atoms with Crippen molar-refractivity contribution in [3.63, 3.8) is 0 Å². The smallest absolute Gasteiger partial charge is 0.264 e. The number of halogens is 2. The van der Waals surface area contributed by atoms with Gasteiger partial charge in [-0.2, -0.15) is 0 Å². The van der Waals surface area contributed by atoms with E-state index in [1.54, 1.807) is 0 Å². The number of aliphatic imine (C=N–C) groups is 1. The number of aromatic nitrogens is 4. The summed E-state index contributed by atoms with van der Waals surface area (Å²) in [6.07, 6.45) is 3.67. The Morgan fingerprint density at radius 1 is 0.970 bits per heavy atom. The lowest BCUT2D eigenvalue weighted by Crippen LogP contribution is -2.39. The van der Waals surface area contributed by atoms with Crippen molar-refractivity contribution in [1.82, 2.24) is 25.3 Å². The number of H-pyrrole nitrogens is 3. The summed E-state index contributed by atoms with van der Waals surface area (Å²) in [5, 5.41) is 4.84. The number of amidine groups is 1. The number of anilines is 1. The highest BCUT2D eigenvalue weighted by molar-refractivity contribution is 9.10. The molecule has 3 aromatic heterocycles. The summed E-state index contributed by atoms with van der Waals surface area (Å²) < 4.78 is 1.89. The van der Waals surface area contributed by atoms with E-state index in [1.165, 1.54) is 0 Å². The number of amides is 1. The lowest BCUT2D eigenvalue weighted by atomic mass is 9.85. The van der Waals surface area contributed by atoms with Crippen LogP contribution in [0.5, 0.6) is 0 Å². The predicted octanol–water partition coefficient (Wildman–Crippen LogP) is 4.61. The van der Waals surface area contributed by atoms with Crippen LogP contribution >= 0.6 is 31.9 Å². The third-order valence-corrected chi connectivity index (χ3v) is 7.00. The number of nitrogens with two attached hydrogens (primary N) is 1. The Kier molecular flexibility index (Phi) is 4.33. The first kappa shape index (κ1) is 20.3. The molecule has 6 rings (SSSR count). The minimum absolute atomic E-state index is 0.234. The zero-order chi connectivity index (χ0) is 22.9. The summed E-state index contributed by atoms with van der Waals surface area (Å²) in [6.45, 7) is 1.84. The largest absolute Gasteiger partial charge is 0.369 e. The van der Waals surface area contributed by atoms with Crippen LogP contribution in [-0.2, 0) is 10.3 Å². The van der Waals surface area contributed by atoms with Crippen LogP contribution in [0.3, 0.4) is 0 Å². The van der Waals surface area contributed by atoms with Gasteiger partial charge in [0.2, 0.25) is 5.54 Å². The molecule has 0 saturated carbocycles. The maximum atomic E-state index is 13.8. The van der Waals surface area contributed by atoms with Crippen molar-refractivity contribution in [2.24, 2.45) is 4.99 Å². The average Bonchev–Trinajstić information content (AvgIpc) is 3.52. The summed E-state index contributed by atoms with van der Waals surface area (Å²) in [6, 6.07) is 11.8. The Labute approximate surface area is 204 Å². The second kappa shape index (κ2) is 7.06. The molecule has 1 amide bonds. The standard InChI is InChI=1S/C23H17Br2N7O/c1-10-19(30-22(26)29-10)23(16-9-28-18-7-12(25)3-5-14(16)18)21(33)31-20(32-23)15-8-27-17-6-11(24)2-4-13(15)17/h2-9,27-28H,1H3,(H3,26,29,30)(H,31,32,33)/t23-/m0/s1. The third-order valence-electron chi connectivity index (χ3n) is 6.02. The van der Waals surface area contributed by atoms with E-state index in [0.717, 1.165) is 36.3 Å². The molecule has 1 atom stereocenters. The quantitative estimate of drug-likeness (QED) is 0.219. The van der Waals surface area contributed by atoms with Crippen LogP contribution in [0.15, 0.2) is 62.7 Å². The number of imidazole rings is 1. The maximum Gasteiger partial charge on any atom is 0.264 e. The molecule has 0 saturated heterocycles. The number of hydrogen-bond donors (Lipinski definition) is 5. The third kappa shape index (κ3) is 2.90. The fourth-order valence-corrected chi connectivity index (χ4v) is 5.29. The van der Waals surface area contributed by atoms with E-state index in [9.17, 15) is 4.79 Å². The molecule has 164 valence electrons. The van der Waals surface area contributed by atoms with Crippen LogP contribution in [0, 0.1) is 6.92 Å². The molecule has 4 heterocycles. The number of fused-ring (bicyclic) bond motifs is 2. The van der Waals surface area contributed by atoms with Crippen LogP contribution in [0.2, 0.25) is 0 Å². The number of benzene rings is 2. The Bertz CT molecular complexity index is 1630. The number of nitrogens with one attached hydrogen (secondary N) is 4. The number of carbonyl (C=O) groups is 1. The van der Waals surface area contributed by atoms with Gasteiger partial charge in [0.1, 0.15) is 11.5 Å². The molecular weight excluding hydrogens is 550 g/mol. The van der Waals surface area contributed by atoms with Crippen molar-refractivity contribution < 1.29 is 4.79 Å². The summed E-state index contributed by atoms with van der Waals surface area (Å²) >= 11 is 7.00. The number of nitrogens with zero attached hydrogens (tertiary/aromatic N) is 2. The van der Waals surface area contributed by atoms with Gasteiger partial charge in [-0.15, -0.1) is 0 Å². The first-order valence-electron chi connectivity index (χ1n) is 10.1. The SMILES string of the molecule is Cc1[nH]c(N)nc1[C@]1(c2c[nH]c3cc(Br)ccc23)N=C(c2c[nH]c3cc(Br)ccc23)NC1=O. The van der Waals surface area contributed by atoms with E-state index in [4.69, 9.17) is 10.7 Å². The molecule has 0 fully saturated rings. The van der Waals surface area contributed by atoms with Crippen molar-refractivity contribution in [3.8, 4) is 0 Å². The van der Waals surface area contributed by atoms with Gasteiger partial charge in [-0.3, -0.25) is 4.79 Å². The van der Waals surface area contributed by atoms with Gasteiger partial charge in [0.05, 0.1) is 0 Å². The highest BCUT2D eigenvalue weighted by Crippen LogP contribution is 2.42. The van der Waals surface area contributed by atoms with Crippen LogP contribution < -0.4 is 11.1 Å². The topological polar surface area (TPSA) is 128 Å². The van der Waals surface area contributed by atoms with Gasteiger partial charge in [0.15, 0.2) is 5.95 Å². The number of carbonyl (C=O) groups excluding carboxylic acids is 1. The summed E-state index contributed by atoms with van der Waals surface area (Å²) in [7, 11) is 0. The molecule has 5 aromatic rings. The summed E-state index contributed by atoms with van der Waals surface area (Å²) in [5.41, 5.74) is 9.06. The Morgan fingerprint density at radius 2 is 1.64 bits per heavy atom. The highest BCUT2D eigenvalue weighted by atomic mass is 79.9. The number of hydrogen-bond acceptors (Lipinski definition) is 4. The van der Waals surface area contributed by atoms with Crippen molar-refractivity contribution in [1.29, 1.82) is 0 Å². The predicted molar refractivity (Wildman–Crippen MR) is 135 cm³/mol. The van der Waals surface area contributed by atoms with Crippen LogP contribution in [-0.4, -0.2) is 31.7 Å². The van der Waals surface area contributed by atoms with Crippen molar-refractivity contribution in [3.05, 3.63) is 80.3 Å². The molecule has 8 nitrogen and oxygen atoms in total. The lowest BCUT2D eigenvalue weighted by molar-refractivity contribution is -0.122. The summed E-state index contributed by atoms with van der Waals surface area (Å²) in [4.78, 5) is 32.9. The van der Waals surface area contributed by atoms with E-state index in [0.29, 0.717) is 22.8 Å². The average molecular weight is 567 g/mol. The molecule has 2 aromatic carbocycles. The number of aromatic amines is 3.